The molecule has 0 saturated heterocycles. The lowest BCUT2D eigenvalue weighted by Crippen LogP contribution is -2.54. The molecule has 2 amide bonds. The zero-order chi connectivity index (χ0) is 15.3. The van der Waals surface area contributed by atoms with Crippen LogP contribution in [-0.4, -0.2) is 44.6 Å². The van der Waals surface area contributed by atoms with E-state index in [1.54, 1.807) is 24.5 Å². The van der Waals surface area contributed by atoms with Crippen LogP contribution in [0.25, 0.3) is 0 Å². The van der Waals surface area contributed by atoms with Gasteiger partial charge in [-0.3, -0.25) is 4.79 Å². The second kappa shape index (κ2) is 6.60. The van der Waals surface area contributed by atoms with E-state index in [2.05, 4.69) is 15.3 Å². The van der Waals surface area contributed by atoms with E-state index in [0.717, 1.165) is 37.8 Å². The molecule has 0 unspecified atom stereocenters. The first-order chi connectivity index (χ1) is 10.0. The molecular formula is C14H22N4O3. The number of nitrogens with one attached hydrogen (secondary N) is 2. The van der Waals surface area contributed by atoms with Crippen molar-refractivity contribution in [3.63, 3.8) is 0 Å². The largest absolute Gasteiger partial charge is 0.481 e. The molecule has 0 atom stereocenters. The van der Waals surface area contributed by atoms with Crippen molar-refractivity contribution in [3.05, 3.63) is 18.2 Å². The zero-order valence-corrected chi connectivity index (χ0v) is 12.3. The van der Waals surface area contributed by atoms with Crippen molar-refractivity contribution >= 4 is 12.0 Å². The number of carbonyl (C=O) groups excluding carboxylic acids is 1. The van der Waals surface area contributed by atoms with Crippen LogP contribution in [-0.2, 0) is 11.3 Å². The minimum Gasteiger partial charge on any atom is -0.481 e. The summed E-state index contributed by atoms with van der Waals surface area (Å²) in [5.41, 5.74) is 0.245. The van der Waals surface area contributed by atoms with Crippen LogP contribution in [0.4, 0.5) is 4.79 Å². The molecule has 2 rings (SSSR count). The molecule has 7 nitrogen and oxygen atoms in total. The number of aromatic amines is 1. The maximum absolute atomic E-state index is 12.3. The van der Waals surface area contributed by atoms with Gasteiger partial charge in [0.05, 0.1) is 30.5 Å². The second-order valence-electron chi connectivity index (χ2n) is 5.65. The van der Waals surface area contributed by atoms with Gasteiger partial charge in [-0.1, -0.05) is 19.3 Å². The summed E-state index contributed by atoms with van der Waals surface area (Å²) in [6, 6.07) is -0.243. The highest BCUT2D eigenvalue weighted by Crippen LogP contribution is 2.35. The first kappa shape index (κ1) is 15.3. The average molecular weight is 294 g/mol. The van der Waals surface area contributed by atoms with E-state index in [1.807, 2.05) is 0 Å². The average Bonchev–Trinajstić information content (AvgIpc) is 2.97. The molecule has 1 saturated carbocycles. The lowest BCUT2D eigenvalue weighted by molar-refractivity contribution is -0.140. The summed E-state index contributed by atoms with van der Waals surface area (Å²) in [6.07, 6.45) is 7.72. The first-order valence-corrected chi connectivity index (χ1v) is 7.24. The topological polar surface area (TPSA) is 98.3 Å². The molecule has 116 valence electrons. The van der Waals surface area contributed by atoms with Crippen molar-refractivity contribution in [1.29, 1.82) is 0 Å². The van der Waals surface area contributed by atoms with Gasteiger partial charge in [-0.25, -0.2) is 9.78 Å². The number of urea groups is 1. The Morgan fingerprint density at radius 2 is 2.14 bits per heavy atom. The molecule has 3 N–H and O–H groups in total. The second-order valence-corrected chi connectivity index (χ2v) is 5.65. The van der Waals surface area contributed by atoms with Crippen LogP contribution in [0.1, 0.15) is 44.2 Å². The van der Waals surface area contributed by atoms with Crippen molar-refractivity contribution in [3.8, 4) is 0 Å². The number of carbonyl (C=O) groups is 2. The van der Waals surface area contributed by atoms with E-state index in [4.69, 9.17) is 0 Å². The predicted octanol–water partition coefficient (Wildman–Crippen LogP) is 1.73. The van der Waals surface area contributed by atoms with Gasteiger partial charge >= 0.3 is 12.0 Å². The van der Waals surface area contributed by atoms with Gasteiger partial charge in [0, 0.05) is 13.2 Å². The molecule has 1 heterocycles. The van der Waals surface area contributed by atoms with Crippen LogP contribution in [0.5, 0.6) is 0 Å². The highest BCUT2D eigenvalue weighted by atomic mass is 16.4. The van der Waals surface area contributed by atoms with Gasteiger partial charge < -0.3 is 20.3 Å². The van der Waals surface area contributed by atoms with Crippen LogP contribution < -0.4 is 5.32 Å². The Balaban J connectivity index is 2.00. The number of carboxylic acids is 1. The fraction of sp³-hybridized carbons (Fsp3) is 0.643. The lowest BCUT2D eigenvalue weighted by atomic mass is 9.78. The number of aliphatic carboxylic acids is 1. The monoisotopic (exact) mass is 294 g/mol. The molecule has 0 bridgehead atoms. The van der Waals surface area contributed by atoms with Crippen molar-refractivity contribution in [1.82, 2.24) is 20.2 Å². The number of hydrogen-bond acceptors (Lipinski definition) is 3. The van der Waals surface area contributed by atoms with Gasteiger partial charge in [-0.15, -0.1) is 0 Å². The predicted molar refractivity (Wildman–Crippen MR) is 76.7 cm³/mol. The molecule has 0 aliphatic heterocycles. The molecule has 1 aliphatic rings. The fourth-order valence-electron chi connectivity index (χ4n) is 3.01. The number of H-pyrrole nitrogens is 1. The van der Waals surface area contributed by atoms with E-state index in [1.165, 1.54) is 0 Å². The minimum atomic E-state index is -0.856. The number of nitrogens with zero attached hydrogens (tertiary/aromatic N) is 2. The molecule has 1 aliphatic carbocycles. The number of imidazole rings is 1. The van der Waals surface area contributed by atoms with Gasteiger partial charge in [0.25, 0.3) is 0 Å². The van der Waals surface area contributed by atoms with Crippen molar-refractivity contribution < 1.29 is 14.7 Å². The molecule has 0 radical (unpaired) electrons. The van der Waals surface area contributed by atoms with Crippen molar-refractivity contribution in [2.45, 2.75) is 50.6 Å². The summed E-state index contributed by atoms with van der Waals surface area (Å²) in [5.74, 6) is -0.856. The Labute approximate surface area is 123 Å². The van der Waals surface area contributed by atoms with Crippen LogP contribution in [0.2, 0.25) is 0 Å². The Morgan fingerprint density at radius 1 is 1.43 bits per heavy atom. The number of hydrogen-bond donors (Lipinski definition) is 3. The third-order valence-corrected chi connectivity index (χ3v) is 4.27. The van der Waals surface area contributed by atoms with Crippen LogP contribution in [0.15, 0.2) is 12.5 Å². The SMILES string of the molecule is CN(C(=O)NCc1cnc[nH]1)C1(CC(=O)O)CCCCC1. The van der Waals surface area contributed by atoms with E-state index in [-0.39, 0.29) is 12.5 Å². The Kier molecular flexibility index (Phi) is 4.82. The van der Waals surface area contributed by atoms with Gasteiger partial charge in [0.15, 0.2) is 0 Å². The van der Waals surface area contributed by atoms with Crippen LogP contribution in [0, 0.1) is 0 Å². The maximum Gasteiger partial charge on any atom is 0.317 e. The highest BCUT2D eigenvalue weighted by Gasteiger charge is 2.40. The maximum atomic E-state index is 12.3. The summed E-state index contributed by atoms with van der Waals surface area (Å²) < 4.78 is 0. The van der Waals surface area contributed by atoms with Crippen LogP contribution in [0.3, 0.4) is 0 Å². The summed E-state index contributed by atoms with van der Waals surface area (Å²) >= 11 is 0. The van der Waals surface area contributed by atoms with E-state index < -0.39 is 11.5 Å². The van der Waals surface area contributed by atoms with E-state index in [9.17, 15) is 14.7 Å². The highest BCUT2D eigenvalue weighted by molar-refractivity contribution is 5.76. The minimum absolute atomic E-state index is 0.000970. The van der Waals surface area contributed by atoms with Crippen LogP contribution >= 0.6 is 0 Å². The van der Waals surface area contributed by atoms with Crippen molar-refractivity contribution in [2.24, 2.45) is 0 Å². The third kappa shape index (κ3) is 3.74. The summed E-state index contributed by atoms with van der Waals surface area (Å²) in [7, 11) is 1.69. The van der Waals surface area contributed by atoms with E-state index in [0.29, 0.717) is 6.54 Å². The Hall–Kier alpha value is -2.05. The molecule has 0 spiro atoms. The standard InChI is InChI=1S/C14H22N4O3/c1-18(13(21)16-9-11-8-15-10-17-11)14(7-12(19)20)5-3-2-4-6-14/h8,10H,2-7,9H2,1H3,(H,15,17)(H,16,21)(H,19,20). The molecule has 1 fully saturated rings. The first-order valence-electron chi connectivity index (χ1n) is 7.24. The van der Waals surface area contributed by atoms with E-state index >= 15 is 0 Å². The smallest absolute Gasteiger partial charge is 0.317 e. The lowest BCUT2D eigenvalue weighted by Gasteiger charge is -2.43. The molecule has 7 heteroatoms. The third-order valence-electron chi connectivity index (χ3n) is 4.27. The van der Waals surface area contributed by atoms with Gasteiger partial charge in [-0.2, -0.15) is 0 Å². The molecule has 1 aromatic heterocycles. The van der Waals surface area contributed by atoms with Gasteiger partial charge in [-0.05, 0) is 12.8 Å². The normalized spacial score (nSPS) is 17.2. The molecule has 0 aromatic carbocycles. The summed E-state index contributed by atoms with van der Waals surface area (Å²) in [6.45, 7) is 0.353. The number of rotatable bonds is 5. The summed E-state index contributed by atoms with van der Waals surface area (Å²) in [5, 5.41) is 12.0. The van der Waals surface area contributed by atoms with Gasteiger partial charge in [0.1, 0.15) is 0 Å². The Bertz CT molecular complexity index is 480. The number of aromatic nitrogens is 2. The molecular weight excluding hydrogens is 272 g/mol. The fourth-order valence-corrected chi connectivity index (χ4v) is 3.01. The number of amides is 2. The zero-order valence-electron chi connectivity index (χ0n) is 12.3. The molecule has 1 aromatic rings. The molecule has 21 heavy (non-hydrogen) atoms. The number of carboxylic acid groups (broad SMARTS) is 1. The van der Waals surface area contributed by atoms with Crippen molar-refractivity contribution in [2.75, 3.05) is 7.05 Å². The Morgan fingerprint density at radius 3 is 2.71 bits per heavy atom. The summed E-state index contributed by atoms with van der Waals surface area (Å²) in [4.78, 5) is 31.9. The quantitative estimate of drug-likeness (QED) is 0.770. The van der Waals surface area contributed by atoms with Gasteiger partial charge in [0.2, 0.25) is 0 Å².